The Labute approximate surface area is 77.1 Å². The molecule has 31 valence electrons. The molecule has 0 fully saturated rings. The zero-order valence-corrected chi connectivity index (χ0v) is 6.56. The fourth-order valence-corrected chi connectivity index (χ4v) is 0. The first-order valence-electron chi connectivity index (χ1n) is 1.05. The Balaban J connectivity index is 0. The van der Waals surface area contributed by atoms with Crippen molar-refractivity contribution in [2.24, 2.45) is 0 Å². The van der Waals surface area contributed by atoms with Crippen LogP contribution in [0.5, 0.6) is 0 Å². The molecule has 0 heterocycles. The third-order valence-electron chi connectivity index (χ3n) is 0.114. The molecule has 0 amide bonds. The van der Waals surface area contributed by atoms with E-state index in [9.17, 15) is 4.39 Å². The van der Waals surface area contributed by atoms with Gasteiger partial charge >= 0.3 is 5.97 Å². The summed E-state index contributed by atoms with van der Waals surface area (Å²) in [5.41, 5.74) is 0. The number of halogens is 1. The maximum Gasteiger partial charge on any atom is 0.335 e. The molecular weight excluding hydrogens is 114 g/mol. The Bertz CT molecular complexity index is 46.8. The van der Waals surface area contributed by atoms with Gasteiger partial charge in [-0.05, 0) is 0 Å². The second-order valence-electron chi connectivity index (χ2n) is 0.527. The van der Waals surface area contributed by atoms with Gasteiger partial charge in [-0.2, -0.15) is 0 Å². The van der Waals surface area contributed by atoms with E-state index < -0.39 is 12.6 Å². The molecule has 6 heavy (non-hydrogen) atoms. The summed E-state index contributed by atoms with van der Waals surface area (Å²) in [6.45, 7) is -1.28. The molecule has 0 bridgehead atoms. The summed E-state index contributed by atoms with van der Waals surface area (Å²) in [6, 6.07) is 0. The number of carboxylic acids is 1. The molecule has 0 saturated carbocycles. The summed E-state index contributed by atoms with van der Waals surface area (Å²) in [7, 11) is 0. The molecule has 0 aliphatic carbocycles. The van der Waals surface area contributed by atoms with Crippen LogP contribution < -0.4 is 0 Å². The molecule has 2 nitrogen and oxygen atoms in total. The minimum atomic E-state index is -1.41. The average Bonchev–Trinajstić information content (AvgIpc) is 1.38. The number of carboxylic acid groups (broad SMARTS) is 1. The van der Waals surface area contributed by atoms with Crippen molar-refractivity contribution in [1.29, 1.82) is 0 Å². The van der Waals surface area contributed by atoms with Crippen molar-refractivity contribution in [2.45, 2.75) is 0 Å². The molecule has 0 unspecified atom stereocenters. The number of aliphatic carboxylic acids is 1. The van der Waals surface area contributed by atoms with Gasteiger partial charge < -0.3 is 5.11 Å². The topological polar surface area (TPSA) is 37.3 Å². The Morgan fingerprint density at radius 1 is 1.83 bits per heavy atom. The molecule has 0 aliphatic heterocycles. The number of hydrogen-bond donors (Lipinski definition) is 1. The van der Waals surface area contributed by atoms with E-state index in [1.807, 2.05) is 0 Å². The molecule has 0 rings (SSSR count). The van der Waals surface area contributed by atoms with Crippen LogP contribution in [-0.2, 0) is 4.79 Å². The van der Waals surface area contributed by atoms with Gasteiger partial charge in [-0.25, -0.2) is 9.18 Å². The largest absolute Gasteiger partial charge is 0.479 e. The zero-order valence-electron chi connectivity index (χ0n) is 3.44. The van der Waals surface area contributed by atoms with Crippen molar-refractivity contribution in [2.75, 3.05) is 6.67 Å². The molecular formula is C2H3FKO2. The molecule has 0 spiro atoms. The van der Waals surface area contributed by atoms with E-state index in [1.165, 1.54) is 0 Å². The van der Waals surface area contributed by atoms with Crippen LogP contribution in [-0.4, -0.2) is 69.1 Å². The van der Waals surface area contributed by atoms with Gasteiger partial charge in [0.15, 0.2) is 6.67 Å². The van der Waals surface area contributed by atoms with Crippen molar-refractivity contribution in [3.63, 3.8) is 0 Å². The van der Waals surface area contributed by atoms with Crippen LogP contribution in [0.3, 0.4) is 0 Å². The molecule has 0 saturated heterocycles. The molecule has 0 atom stereocenters. The molecule has 1 N–H and O–H groups in total. The second-order valence-corrected chi connectivity index (χ2v) is 0.527. The van der Waals surface area contributed by atoms with E-state index in [0.717, 1.165) is 0 Å². The van der Waals surface area contributed by atoms with Gasteiger partial charge in [0.05, 0.1) is 0 Å². The van der Waals surface area contributed by atoms with Crippen LogP contribution in [0.1, 0.15) is 0 Å². The summed E-state index contributed by atoms with van der Waals surface area (Å²) < 4.78 is 10.5. The maximum absolute atomic E-state index is 10.5. The molecule has 0 aromatic heterocycles. The summed E-state index contributed by atoms with van der Waals surface area (Å²) in [5, 5.41) is 7.35. The van der Waals surface area contributed by atoms with Crippen molar-refractivity contribution in [3.8, 4) is 0 Å². The smallest absolute Gasteiger partial charge is 0.335 e. The van der Waals surface area contributed by atoms with E-state index in [1.54, 1.807) is 0 Å². The fourth-order valence-electron chi connectivity index (χ4n) is 0. The van der Waals surface area contributed by atoms with Gasteiger partial charge in [0.25, 0.3) is 0 Å². The van der Waals surface area contributed by atoms with Gasteiger partial charge in [0.2, 0.25) is 0 Å². The van der Waals surface area contributed by atoms with Crippen molar-refractivity contribution in [3.05, 3.63) is 0 Å². The Morgan fingerprint density at radius 2 is 2.00 bits per heavy atom. The van der Waals surface area contributed by atoms with Crippen LogP contribution >= 0.6 is 0 Å². The monoisotopic (exact) mass is 117 g/mol. The number of hydrogen-bond acceptors (Lipinski definition) is 1. The Hall–Kier alpha value is 1.04. The maximum atomic E-state index is 10.5. The molecule has 1 radical (unpaired) electrons. The van der Waals surface area contributed by atoms with Gasteiger partial charge in [-0.3, -0.25) is 0 Å². The number of carbonyl (C=O) groups is 1. The summed E-state index contributed by atoms with van der Waals surface area (Å²) in [5.74, 6) is -1.41. The minimum absolute atomic E-state index is 0. The van der Waals surface area contributed by atoms with Gasteiger partial charge in [0.1, 0.15) is 0 Å². The predicted octanol–water partition coefficient (Wildman–Crippen LogP) is -0.340. The second kappa shape index (κ2) is 6.04. The number of alkyl halides is 1. The van der Waals surface area contributed by atoms with Crippen molar-refractivity contribution >= 4 is 57.4 Å². The van der Waals surface area contributed by atoms with Crippen LogP contribution in [0.15, 0.2) is 0 Å². The van der Waals surface area contributed by atoms with Crippen molar-refractivity contribution < 1.29 is 14.3 Å². The molecule has 4 heteroatoms. The normalized spacial score (nSPS) is 6.17. The molecule has 0 aromatic rings. The summed E-state index contributed by atoms with van der Waals surface area (Å²) >= 11 is 0. The first-order chi connectivity index (χ1) is 2.27. The van der Waals surface area contributed by atoms with E-state index in [2.05, 4.69) is 0 Å². The van der Waals surface area contributed by atoms with E-state index >= 15 is 0 Å². The average molecular weight is 117 g/mol. The third-order valence-corrected chi connectivity index (χ3v) is 0.114. The van der Waals surface area contributed by atoms with Gasteiger partial charge in [-0.15, -0.1) is 0 Å². The first-order valence-corrected chi connectivity index (χ1v) is 1.05. The van der Waals surface area contributed by atoms with E-state index in [4.69, 9.17) is 9.90 Å². The quantitative estimate of drug-likeness (QED) is 0.477. The summed E-state index contributed by atoms with van der Waals surface area (Å²) in [4.78, 5) is 8.99. The van der Waals surface area contributed by atoms with Crippen LogP contribution in [0.2, 0.25) is 0 Å². The van der Waals surface area contributed by atoms with Crippen LogP contribution in [0, 0.1) is 0 Å². The van der Waals surface area contributed by atoms with Gasteiger partial charge in [-0.1, -0.05) is 0 Å². The minimum Gasteiger partial charge on any atom is -0.479 e. The van der Waals surface area contributed by atoms with Crippen LogP contribution in [0.4, 0.5) is 4.39 Å². The van der Waals surface area contributed by atoms with E-state index in [-0.39, 0.29) is 51.4 Å². The molecule has 0 aromatic carbocycles. The standard InChI is InChI=1S/C2H3FO2.K/c3-1-2(4)5;/h1H2,(H,4,5);. The Morgan fingerprint density at radius 3 is 2.00 bits per heavy atom. The SMILES string of the molecule is O=C(O)CF.[K]. The molecule has 0 aliphatic rings. The first kappa shape index (κ1) is 10.1. The predicted molar refractivity (Wildman–Crippen MR) is 19.4 cm³/mol. The zero-order chi connectivity index (χ0) is 4.28. The van der Waals surface area contributed by atoms with Crippen molar-refractivity contribution in [1.82, 2.24) is 0 Å². The fraction of sp³-hybridized carbons (Fsp3) is 0.500. The van der Waals surface area contributed by atoms with E-state index in [0.29, 0.717) is 0 Å². The Kier molecular flexibility index (Phi) is 10.2. The summed E-state index contributed by atoms with van der Waals surface area (Å²) in [6.07, 6.45) is 0. The number of rotatable bonds is 1. The van der Waals surface area contributed by atoms with Crippen LogP contribution in [0.25, 0.3) is 0 Å². The van der Waals surface area contributed by atoms with Gasteiger partial charge in [0, 0.05) is 51.4 Å². The third kappa shape index (κ3) is 8.90.